The second-order valence-electron chi connectivity index (χ2n) is 4.29. The average molecular weight is 315 g/mol. The van der Waals surface area contributed by atoms with Crippen LogP contribution in [0, 0.1) is 6.92 Å². The van der Waals surface area contributed by atoms with Gasteiger partial charge in [0.15, 0.2) is 17.3 Å². The molecule has 0 atom stereocenters. The van der Waals surface area contributed by atoms with Gasteiger partial charge in [-0.1, -0.05) is 0 Å². The van der Waals surface area contributed by atoms with Crippen LogP contribution in [-0.2, 0) is 0 Å². The van der Waals surface area contributed by atoms with E-state index >= 15 is 0 Å². The van der Waals surface area contributed by atoms with E-state index in [0.717, 1.165) is 0 Å². The van der Waals surface area contributed by atoms with Crippen molar-refractivity contribution < 1.29 is 18.3 Å². The number of nitrogen functional groups attached to an aromatic ring is 1. The number of fused-ring (bicyclic) bond motifs is 1. The lowest BCUT2D eigenvalue weighted by Gasteiger charge is -2.10. The SMILES string of the molecule is Cc1nc(Cl)nc(Nc2ccc3c(c2)OC(F)(F)O3)c1N. The zero-order valence-corrected chi connectivity index (χ0v) is 11.4. The summed E-state index contributed by atoms with van der Waals surface area (Å²) in [6.07, 6.45) is -3.66. The minimum absolute atomic E-state index is 0.0245. The van der Waals surface area contributed by atoms with Crippen LogP contribution < -0.4 is 20.5 Å². The van der Waals surface area contributed by atoms with Crippen molar-refractivity contribution in [3.05, 3.63) is 29.2 Å². The molecule has 0 aliphatic carbocycles. The lowest BCUT2D eigenvalue weighted by Crippen LogP contribution is -2.25. The standard InChI is InChI=1S/C12H9ClF2N4O2/c1-5-9(16)10(19-11(13)17-5)18-6-2-3-7-8(4-6)21-12(14,15)20-7/h2-4H,16H2,1H3,(H,17,18,19). The highest BCUT2D eigenvalue weighted by Crippen LogP contribution is 2.42. The Morgan fingerprint density at radius 1 is 1.24 bits per heavy atom. The van der Waals surface area contributed by atoms with E-state index in [1.165, 1.54) is 18.2 Å². The van der Waals surface area contributed by atoms with E-state index in [2.05, 4.69) is 24.8 Å². The maximum atomic E-state index is 12.9. The van der Waals surface area contributed by atoms with Gasteiger partial charge < -0.3 is 20.5 Å². The number of hydrogen-bond donors (Lipinski definition) is 2. The number of halogens is 3. The Kier molecular flexibility index (Phi) is 2.98. The van der Waals surface area contributed by atoms with E-state index < -0.39 is 6.29 Å². The summed E-state index contributed by atoms with van der Waals surface area (Å²) in [5.41, 5.74) is 7.09. The third-order valence-electron chi connectivity index (χ3n) is 2.77. The first-order valence-corrected chi connectivity index (χ1v) is 6.18. The normalized spacial score (nSPS) is 15.0. The number of nitrogens with zero attached hydrogens (tertiary/aromatic N) is 2. The van der Waals surface area contributed by atoms with Gasteiger partial charge in [0.25, 0.3) is 0 Å². The average Bonchev–Trinajstić information content (AvgIpc) is 2.68. The molecule has 0 saturated carbocycles. The zero-order valence-electron chi connectivity index (χ0n) is 10.7. The number of hydrogen-bond acceptors (Lipinski definition) is 6. The van der Waals surface area contributed by atoms with Crippen LogP contribution in [-0.4, -0.2) is 16.3 Å². The molecule has 0 amide bonds. The molecule has 1 aliphatic rings. The molecule has 6 nitrogen and oxygen atoms in total. The first kappa shape index (κ1) is 13.6. The number of aryl methyl sites for hydroxylation is 1. The van der Waals surface area contributed by atoms with E-state index in [1.807, 2.05) is 0 Å². The van der Waals surface area contributed by atoms with Gasteiger partial charge in [-0.25, -0.2) is 4.98 Å². The van der Waals surface area contributed by atoms with Gasteiger partial charge in [0.1, 0.15) is 0 Å². The van der Waals surface area contributed by atoms with Gasteiger partial charge in [0.05, 0.1) is 11.4 Å². The Hall–Kier alpha value is -2.35. The molecular weight excluding hydrogens is 306 g/mol. The van der Waals surface area contributed by atoms with Gasteiger partial charge in [0, 0.05) is 11.8 Å². The Morgan fingerprint density at radius 2 is 1.95 bits per heavy atom. The van der Waals surface area contributed by atoms with Crippen molar-refractivity contribution in [2.24, 2.45) is 0 Å². The Bertz CT molecular complexity index is 727. The van der Waals surface area contributed by atoms with Gasteiger partial charge in [-0.3, -0.25) is 0 Å². The lowest BCUT2D eigenvalue weighted by molar-refractivity contribution is -0.286. The predicted octanol–water partition coefficient (Wildman–Crippen LogP) is 3.09. The monoisotopic (exact) mass is 314 g/mol. The van der Waals surface area contributed by atoms with E-state index in [0.29, 0.717) is 17.1 Å². The van der Waals surface area contributed by atoms with E-state index in [1.54, 1.807) is 6.92 Å². The number of benzene rings is 1. The van der Waals surface area contributed by atoms with E-state index in [-0.39, 0.29) is 22.6 Å². The van der Waals surface area contributed by atoms with Crippen LogP contribution in [0.4, 0.5) is 26.0 Å². The highest BCUT2D eigenvalue weighted by Gasteiger charge is 2.43. The molecule has 2 heterocycles. The second-order valence-corrected chi connectivity index (χ2v) is 4.63. The summed E-state index contributed by atoms with van der Waals surface area (Å²) >= 11 is 5.76. The quantitative estimate of drug-likeness (QED) is 0.829. The molecule has 0 spiro atoms. The smallest absolute Gasteiger partial charge is 0.395 e. The third-order valence-corrected chi connectivity index (χ3v) is 2.94. The van der Waals surface area contributed by atoms with E-state index in [9.17, 15) is 8.78 Å². The van der Waals surface area contributed by atoms with Gasteiger partial charge in [0.2, 0.25) is 5.28 Å². The predicted molar refractivity (Wildman–Crippen MR) is 72.1 cm³/mol. The summed E-state index contributed by atoms with van der Waals surface area (Å²) in [4.78, 5) is 7.85. The fraction of sp³-hybridized carbons (Fsp3) is 0.167. The molecule has 0 radical (unpaired) electrons. The Balaban J connectivity index is 1.91. The lowest BCUT2D eigenvalue weighted by atomic mass is 10.2. The highest BCUT2D eigenvalue weighted by molar-refractivity contribution is 6.28. The van der Waals surface area contributed by atoms with Crippen molar-refractivity contribution in [1.82, 2.24) is 9.97 Å². The maximum absolute atomic E-state index is 12.9. The van der Waals surface area contributed by atoms with Gasteiger partial charge in [-0.15, -0.1) is 8.78 Å². The number of nitrogens with one attached hydrogen (secondary N) is 1. The van der Waals surface area contributed by atoms with Gasteiger partial charge >= 0.3 is 6.29 Å². The number of alkyl halides is 2. The first-order valence-electron chi connectivity index (χ1n) is 5.80. The molecule has 3 N–H and O–H groups in total. The second kappa shape index (κ2) is 4.59. The fourth-order valence-corrected chi connectivity index (χ4v) is 2.02. The van der Waals surface area contributed by atoms with Crippen LogP contribution in [0.25, 0.3) is 0 Å². The van der Waals surface area contributed by atoms with Crippen LogP contribution >= 0.6 is 11.6 Å². The van der Waals surface area contributed by atoms with Crippen LogP contribution in [0.15, 0.2) is 18.2 Å². The third kappa shape index (κ3) is 2.62. The highest BCUT2D eigenvalue weighted by atomic mass is 35.5. The molecule has 0 bridgehead atoms. The molecular formula is C12H9ClF2N4O2. The molecule has 0 fully saturated rings. The Morgan fingerprint density at radius 3 is 2.71 bits per heavy atom. The summed E-state index contributed by atoms with van der Waals surface area (Å²) in [5, 5.41) is 2.89. The largest absolute Gasteiger partial charge is 0.586 e. The minimum atomic E-state index is -3.66. The molecule has 2 aromatic rings. The molecule has 3 rings (SSSR count). The summed E-state index contributed by atoms with van der Waals surface area (Å²) < 4.78 is 34.6. The molecule has 9 heteroatoms. The first-order chi connectivity index (χ1) is 9.84. The van der Waals surface area contributed by atoms with Crippen LogP contribution in [0.1, 0.15) is 5.69 Å². The molecule has 1 aromatic heterocycles. The number of anilines is 3. The summed E-state index contributed by atoms with van der Waals surface area (Å²) in [5.74, 6) is 0.147. The summed E-state index contributed by atoms with van der Waals surface area (Å²) in [7, 11) is 0. The summed E-state index contributed by atoms with van der Waals surface area (Å²) in [6, 6.07) is 4.22. The van der Waals surface area contributed by atoms with Crippen molar-refractivity contribution in [3.8, 4) is 11.5 Å². The molecule has 1 aromatic carbocycles. The van der Waals surface area contributed by atoms with Gasteiger partial charge in [-0.2, -0.15) is 4.98 Å². The summed E-state index contributed by atoms with van der Waals surface area (Å²) in [6.45, 7) is 1.67. The van der Waals surface area contributed by atoms with E-state index in [4.69, 9.17) is 17.3 Å². The number of nitrogens with two attached hydrogens (primary N) is 1. The topological polar surface area (TPSA) is 82.3 Å². The van der Waals surface area contributed by atoms with Crippen molar-refractivity contribution in [3.63, 3.8) is 0 Å². The molecule has 0 saturated heterocycles. The molecule has 21 heavy (non-hydrogen) atoms. The van der Waals surface area contributed by atoms with Gasteiger partial charge in [-0.05, 0) is 30.7 Å². The zero-order chi connectivity index (χ0) is 15.2. The number of aromatic nitrogens is 2. The Labute approximate surface area is 122 Å². The molecule has 1 aliphatic heterocycles. The van der Waals surface area contributed by atoms with Crippen LogP contribution in [0.2, 0.25) is 5.28 Å². The molecule has 0 unspecified atom stereocenters. The van der Waals surface area contributed by atoms with Crippen LogP contribution in [0.3, 0.4) is 0 Å². The number of ether oxygens (including phenoxy) is 2. The van der Waals surface area contributed by atoms with Crippen LogP contribution in [0.5, 0.6) is 11.5 Å². The van der Waals surface area contributed by atoms with Crippen molar-refractivity contribution in [2.45, 2.75) is 13.2 Å². The van der Waals surface area contributed by atoms with Crippen molar-refractivity contribution in [1.29, 1.82) is 0 Å². The minimum Gasteiger partial charge on any atom is -0.395 e. The van der Waals surface area contributed by atoms with Crippen molar-refractivity contribution in [2.75, 3.05) is 11.1 Å². The fourth-order valence-electron chi connectivity index (χ4n) is 1.81. The molecule has 110 valence electrons. The van der Waals surface area contributed by atoms with Crippen molar-refractivity contribution >= 4 is 28.8 Å². The number of rotatable bonds is 2. The maximum Gasteiger partial charge on any atom is 0.586 e.